The lowest BCUT2D eigenvalue weighted by Crippen LogP contribution is -2.38. The van der Waals surface area contributed by atoms with Crippen LogP contribution in [-0.4, -0.2) is 50.7 Å². The van der Waals surface area contributed by atoms with E-state index >= 15 is 0 Å². The van der Waals surface area contributed by atoms with Crippen LogP contribution in [0.4, 0.5) is 19.5 Å². The number of fused-ring (bicyclic) bond motifs is 1. The van der Waals surface area contributed by atoms with Crippen LogP contribution in [-0.2, 0) is 11.3 Å². The molecule has 4 aromatic rings. The number of aromatic nitrogens is 4. The lowest BCUT2D eigenvalue weighted by Gasteiger charge is -2.32. The molecular weight excluding hydrogens is 548 g/mol. The van der Waals surface area contributed by atoms with Gasteiger partial charge in [-0.1, -0.05) is 18.2 Å². The van der Waals surface area contributed by atoms with Crippen LogP contribution in [0.5, 0.6) is 0 Å². The fraction of sp³-hybridized carbons (Fsp3) is 0.241. The maximum Gasteiger partial charge on any atom is 0.290 e. The first-order valence-electron chi connectivity index (χ1n) is 13.2. The van der Waals surface area contributed by atoms with Crippen LogP contribution in [0, 0.1) is 17.8 Å². The van der Waals surface area contributed by atoms with Crippen molar-refractivity contribution < 1.29 is 18.4 Å². The van der Waals surface area contributed by atoms with E-state index in [0.29, 0.717) is 40.3 Å². The molecule has 1 aromatic carbocycles. The molecule has 2 fully saturated rings. The van der Waals surface area contributed by atoms with Crippen molar-refractivity contribution in [1.82, 2.24) is 30.6 Å². The number of nitrogens with one attached hydrogen (secondary N) is 2. The summed E-state index contributed by atoms with van der Waals surface area (Å²) < 4.78 is 27.8. The third-order valence-electron chi connectivity index (χ3n) is 7.07. The summed E-state index contributed by atoms with van der Waals surface area (Å²) in [5.41, 5.74) is 3.04. The van der Waals surface area contributed by atoms with Gasteiger partial charge in [-0.15, -0.1) is 0 Å². The number of carbonyl (C=O) groups is 2. The molecule has 6 rings (SSSR count). The van der Waals surface area contributed by atoms with Crippen molar-refractivity contribution in [3.8, 4) is 11.3 Å². The molecule has 5 heterocycles. The molecule has 0 unspecified atom stereocenters. The molecule has 2 amide bonds. The largest absolute Gasteiger partial charge is 0.341 e. The van der Waals surface area contributed by atoms with Crippen LogP contribution < -0.4 is 15.5 Å². The van der Waals surface area contributed by atoms with Crippen molar-refractivity contribution in [3.05, 3.63) is 82.8 Å². The molecule has 41 heavy (non-hydrogen) atoms. The fourth-order valence-corrected chi connectivity index (χ4v) is 5.71. The van der Waals surface area contributed by atoms with Crippen LogP contribution in [0.1, 0.15) is 24.1 Å². The maximum atomic E-state index is 13.9. The second-order valence-electron chi connectivity index (χ2n) is 9.89. The van der Waals surface area contributed by atoms with E-state index in [4.69, 9.17) is 4.98 Å². The second-order valence-corrected chi connectivity index (χ2v) is 10.9. The number of hydrogen-bond acceptors (Lipinski definition) is 9. The van der Waals surface area contributed by atoms with Gasteiger partial charge in [0.25, 0.3) is 11.1 Å². The van der Waals surface area contributed by atoms with Crippen molar-refractivity contribution >= 4 is 45.8 Å². The number of amides is 2. The topological polar surface area (TPSA) is 113 Å². The van der Waals surface area contributed by atoms with Crippen LogP contribution in [0.25, 0.3) is 28.2 Å². The Bertz CT molecular complexity index is 1650. The molecule has 0 saturated carbocycles. The Morgan fingerprint density at radius 2 is 1.80 bits per heavy atom. The molecule has 2 N–H and O–H groups in total. The number of hydrogen-bond donors (Lipinski definition) is 2. The molecular formula is C29H25F2N7O2S. The number of anilines is 1. The lowest BCUT2D eigenvalue weighted by atomic mass is 9.96. The highest BCUT2D eigenvalue weighted by molar-refractivity contribution is 8.18. The highest BCUT2D eigenvalue weighted by Gasteiger charge is 2.26. The van der Waals surface area contributed by atoms with Gasteiger partial charge in [-0.3, -0.25) is 14.9 Å². The standard InChI is InChI=1S/C29H25F2N7O2S/c30-24-12-19(13-25(31)36-24)26-20(11-18-3-1-2-4-22(18)35-26)16-32-15-17-6-9-38(10-7-17)28-33-8-5-21(34-28)14-23-27(39)37-29(40)41-23/h1-5,8,11-14,17,32H,6-7,9-10,15-16H2,(H,37,39,40). The summed E-state index contributed by atoms with van der Waals surface area (Å²) in [6.45, 7) is 2.82. The van der Waals surface area contributed by atoms with Crippen molar-refractivity contribution in [2.24, 2.45) is 5.92 Å². The van der Waals surface area contributed by atoms with E-state index in [1.54, 1.807) is 18.3 Å². The number of benzene rings is 1. The average Bonchev–Trinajstić information content (AvgIpc) is 3.28. The molecule has 0 spiro atoms. The first kappa shape index (κ1) is 26.9. The van der Waals surface area contributed by atoms with E-state index in [-0.39, 0.29) is 5.24 Å². The normalized spacial score (nSPS) is 17.0. The molecule has 2 aliphatic rings. The number of imide groups is 1. The zero-order valence-electron chi connectivity index (χ0n) is 21.8. The molecule has 9 nitrogen and oxygen atoms in total. The van der Waals surface area contributed by atoms with E-state index in [9.17, 15) is 18.4 Å². The van der Waals surface area contributed by atoms with Crippen molar-refractivity contribution in [2.75, 3.05) is 24.5 Å². The second kappa shape index (κ2) is 11.7. The summed E-state index contributed by atoms with van der Waals surface area (Å²) in [6.07, 6.45) is 5.10. The first-order valence-corrected chi connectivity index (χ1v) is 14.0. The van der Waals surface area contributed by atoms with Gasteiger partial charge in [-0.25, -0.2) is 15.0 Å². The van der Waals surface area contributed by atoms with Gasteiger partial charge >= 0.3 is 0 Å². The quantitative estimate of drug-likeness (QED) is 0.240. The average molecular weight is 574 g/mol. The Hall–Kier alpha value is -4.29. The summed E-state index contributed by atoms with van der Waals surface area (Å²) in [5, 5.41) is 6.32. The number of para-hydroxylation sites is 1. The molecule has 0 bridgehead atoms. The van der Waals surface area contributed by atoms with Gasteiger partial charge in [0.15, 0.2) is 0 Å². The number of pyridine rings is 2. The summed E-state index contributed by atoms with van der Waals surface area (Å²) in [5.74, 6) is -1.17. The molecule has 12 heteroatoms. The molecule has 0 aliphatic carbocycles. The minimum absolute atomic E-state index is 0.313. The fourth-order valence-electron chi connectivity index (χ4n) is 5.04. The van der Waals surface area contributed by atoms with E-state index in [1.165, 1.54) is 12.1 Å². The van der Waals surface area contributed by atoms with Crippen molar-refractivity contribution in [2.45, 2.75) is 19.4 Å². The number of carbonyl (C=O) groups excluding carboxylic acids is 2. The first-order chi connectivity index (χ1) is 19.9. The minimum Gasteiger partial charge on any atom is -0.341 e. The maximum absolute atomic E-state index is 13.9. The molecule has 2 aliphatic heterocycles. The summed E-state index contributed by atoms with van der Waals surface area (Å²) in [4.78, 5) is 42.6. The van der Waals surface area contributed by atoms with E-state index in [0.717, 1.165) is 60.7 Å². The predicted octanol–water partition coefficient (Wildman–Crippen LogP) is 4.70. The molecule has 3 aromatic heterocycles. The van der Waals surface area contributed by atoms with Crippen LogP contribution in [0.15, 0.2) is 59.6 Å². The zero-order chi connectivity index (χ0) is 28.3. The van der Waals surface area contributed by atoms with Crippen molar-refractivity contribution in [1.29, 1.82) is 0 Å². The van der Waals surface area contributed by atoms with Gasteiger partial charge in [0.2, 0.25) is 17.8 Å². The van der Waals surface area contributed by atoms with Crippen LogP contribution >= 0.6 is 11.8 Å². The number of thioether (sulfide) groups is 1. The molecule has 2 saturated heterocycles. The van der Waals surface area contributed by atoms with Gasteiger partial charge in [0, 0.05) is 48.9 Å². The van der Waals surface area contributed by atoms with Crippen molar-refractivity contribution in [3.63, 3.8) is 0 Å². The number of halogens is 2. The number of rotatable bonds is 7. The number of piperidine rings is 1. The van der Waals surface area contributed by atoms with Gasteiger partial charge in [-0.2, -0.15) is 13.8 Å². The van der Waals surface area contributed by atoms with E-state index < -0.39 is 17.8 Å². The Morgan fingerprint density at radius 3 is 2.56 bits per heavy atom. The van der Waals surface area contributed by atoms with Gasteiger partial charge in [0.1, 0.15) is 0 Å². The zero-order valence-corrected chi connectivity index (χ0v) is 22.6. The molecule has 208 valence electrons. The Kier molecular flexibility index (Phi) is 7.66. The van der Waals surface area contributed by atoms with E-state index in [1.807, 2.05) is 30.3 Å². The predicted molar refractivity (Wildman–Crippen MR) is 153 cm³/mol. The molecule has 0 radical (unpaired) electrons. The summed E-state index contributed by atoms with van der Waals surface area (Å²) in [7, 11) is 0. The third kappa shape index (κ3) is 6.23. The SMILES string of the molecule is O=C1NC(=O)C(=Cc2ccnc(N3CCC(CNCc4cc5ccccc5nc4-c4cc(F)nc(F)c4)CC3)n2)S1. The summed E-state index contributed by atoms with van der Waals surface area (Å²) in [6, 6.07) is 13.8. The Balaban J connectivity index is 1.09. The van der Waals surface area contributed by atoms with Gasteiger partial charge in [-0.05, 0) is 66.9 Å². The highest BCUT2D eigenvalue weighted by atomic mass is 32.2. The summed E-state index contributed by atoms with van der Waals surface area (Å²) >= 11 is 0.858. The number of nitrogens with zero attached hydrogens (tertiary/aromatic N) is 5. The monoisotopic (exact) mass is 573 g/mol. The van der Waals surface area contributed by atoms with Gasteiger partial charge in [0.05, 0.1) is 21.8 Å². The van der Waals surface area contributed by atoms with E-state index in [2.05, 4.69) is 30.5 Å². The third-order valence-corrected chi connectivity index (χ3v) is 7.88. The van der Waals surface area contributed by atoms with Gasteiger partial charge < -0.3 is 10.2 Å². The lowest BCUT2D eigenvalue weighted by molar-refractivity contribution is -0.115. The van der Waals surface area contributed by atoms with Crippen LogP contribution in [0.2, 0.25) is 0 Å². The Morgan fingerprint density at radius 1 is 1.02 bits per heavy atom. The smallest absolute Gasteiger partial charge is 0.290 e. The highest BCUT2D eigenvalue weighted by Crippen LogP contribution is 2.28. The Labute approximate surface area is 238 Å². The minimum atomic E-state index is -0.884. The van der Waals surface area contributed by atoms with Crippen LogP contribution in [0.3, 0.4) is 0 Å². The molecule has 0 atom stereocenters.